The van der Waals surface area contributed by atoms with Crippen molar-refractivity contribution < 1.29 is 4.79 Å². The largest absolute Gasteiger partial charge is 0.355 e. The van der Waals surface area contributed by atoms with Gasteiger partial charge in [-0.2, -0.15) is 11.8 Å². The normalized spacial score (nSPS) is 26.3. The first kappa shape index (κ1) is 12.8. The average molecular weight is 230 g/mol. The number of carbonyl (C=O) groups excluding carboxylic acids is 1. The van der Waals surface area contributed by atoms with E-state index in [4.69, 9.17) is 0 Å². The maximum Gasteiger partial charge on any atom is 0.233 e. The molecule has 2 unspecified atom stereocenters. The van der Waals surface area contributed by atoms with Crippen LogP contribution in [0.4, 0.5) is 0 Å². The molecule has 2 N–H and O–H groups in total. The Morgan fingerprint density at radius 2 is 2.13 bits per heavy atom. The maximum atomic E-state index is 11.3. The van der Waals surface area contributed by atoms with Crippen molar-refractivity contribution in [2.45, 2.75) is 43.9 Å². The third-order valence-electron chi connectivity index (χ3n) is 2.90. The van der Waals surface area contributed by atoms with Crippen LogP contribution in [0.2, 0.25) is 0 Å². The Morgan fingerprint density at radius 1 is 1.40 bits per heavy atom. The van der Waals surface area contributed by atoms with E-state index in [0.717, 1.165) is 6.54 Å². The summed E-state index contributed by atoms with van der Waals surface area (Å²) in [7, 11) is 0. The van der Waals surface area contributed by atoms with Crippen molar-refractivity contribution in [3.05, 3.63) is 0 Å². The Hall–Kier alpha value is -0.220. The van der Waals surface area contributed by atoms with Crippen molar-refractivity contribution in [3.8, 4) is 0 Å². The van der Waals surface area contributed by atoms with Crippen molar-refractivity contribution in [1.29, 1.82) is 0 Å². The lowest BCUT2D eigenvalue weighted by atomic mass is 9.95. The predicted octanol–water partition coefficient (Wildman–Crippen LogP) is 1.39. The second-order valence-electron chi connectivity index (χ2n) is 4.00. The van der Waals surface area contributed by atoms with E-state index in [0.29, 0.717) is 17.8 Å². The lowest BCUT2D eigenvalue weighted by molar-refractivity contribution is -0.120. The van der Waals surface area contributed by atoms with Gasteiger partial charge in [0.15, 0.2) is 0 Å². The number of thioether (sulfide) groups is 1. The highest BCUT2D eigenvalue weighted by atomic mass is 32.2. The highest BCUT2D eigenvalue weighted by molar-refractivity contribution is 7.99. The molecule has 15 heavy (non-hydrogen) atoms. The zero-order chi connectivity index (χ0) is 11.1. The molecule has 1 aliphatic carbocycles. The molecule has 1 aliphatic rings. The second kappa shape index (κ2) is 7.12. The number of rotatable bonds is 5. The van der Waals surface area contributed by atoms with E-state index in [1.807, 2.05) is 18.7 Å². The minimum Gasteiger partial charge on any atom is -0.355 e. The molecule has 1 fully saturated rings. The van der Waals surface area contributed by atoms with E-state index in [2.05, 4.69) is 16.9 Å². The van der Waals surface area contributed by atoms with Crippen LogP contribution in [0.1, 0.15) is 32.6 Å². The first-order valence-corrected chi connectivity index (χ1v) is 7.09. The second-order valence-corrected chi connectivity index (χ2v) is 5.08. The third-order valence-corrected chi connectivity index (χ3v) is 4.07. The van der Waals surface area contributed by atoms with E-state index in [1.54, 1.807) is 0 Å². The summed E-state index contributed by atoms with van der Waals surface area (Å²) < 4.78 is 0. The van der Waals surface area contributed by atoms with Crippen molar-refractivity contribution in [3.63, 3.8) is 0 Å². The fourth-order valence-corrected chi connectivity index (χ4v) is 3.06. The van der Waals surface area contributed by atoms with Gasteiger partial charge in [-0.15, -0.1) is 0 Å². The van der Waals surface area contributed by atoms with Gasteiger partial charge < -0.3 is 10.6 Å². The van der Waals surface area contributed by atoms with E-state index < -0.39 is 0 Å². The van der Waals surface area contributed by atoms with Gasteiger partial charge in [0, 0.05) is 17.8 Å². The van der Waals surface area contributed by atoms with E-state index in [-0.39, 0.29) is 5.91 Å². The molecule has 2 atom stereocenters. The number of hydrogen-bond donors (Lipinski definition) is 2. The first-order chi connectivity index (χ1) is 7.27. The summed E-state index contributed by atoms with van der Waals surface area (Å²) in [6.45, 7) is 3.13. The first-order valence-electron chi connectivity index (χ1n) is 5.80. The molecule has 3 nitrogen and oxygen atoms in total. The summed E-state index contributed by atoms with van der Waals surface area (Å²) in [4.78, 5) is 11.3. The molecular weight excluding hydrogens is 208 g/mol. The molecule has 4 heteroatoms. The van der Waals surface area contributed by atoms with E-state index in [9.17, 15) is 4.79 Å². The molecule has 0 saturated heterocycles. The molecule has 1 amide bonds. The predicted molar refractivity (Wildman–Crippen MR) is 66.2 cm³/mol. The molecule has 0 heterocycles. The molecule has 0 aliphatic heterocycles. The molecule has 0 aromatic rings. The topological polar surface area (TPSA) is 41.1 Å². The smallest absolute Gasteiger partial charge is 0.233 e. The molecule has 0 aromatic carbocycles. The molecule has 1 rings (SSSR count). The van der Waals surface area contributed by atoms with Gasteiger partial charge >= 0.3 is 0 Å². The quantitative estimate of drug-likeness (QED) is 0.750. The summed E-state index contributed by atoms with van der Waals surface area (Å²) in [5, 5.41) is 6.87. The number of amides is 1. The molecule has 0 radical (unpaired) electrons. The van der Waals surface area contributed by atoms with Gasteiger partial charge in [0.2, 0.25) is 5.91 Å². The summed E-state index contributed by atoms with van der Waals surface area (Å²) in [6.07, 6.45) is 7.30. The Labute approximate surface area is 96.8 Å². The van der Waals surface area contributed by atoms with Crippen LogP contribution in [0.3, 0.4) is 0 Å². The fourth-order valence-electron chi connectivity index (χ4n) is 2.10. The summed E-state index contributed by atoms with van der Waals surface area (Å²) >= 11 is 1.92. The standard InChI is InChI=1S/C11H22N2OS/c1-3-12-11(14)8-13-9-6-4-5-7-10(9)15-2/h9-10,13H,3-8H2,1-2H3,(H,12,14). The van der Waals surface area contributed by atoms with Gasteiger partial charge in [-0.25, -0.2) is 0 Å². The SMILES string of the molecule is CCNC(=O)CNC1CCCCC1SC. The average Bonchev–Trinajstić information content (AvgIpc) is 2.27. The summed E-state index contributed by atoms with van der Waals surface area (Å²) in [5.74, 6) is 0.114. The van der Waals surface area contributed by atoms with Crippen molar-refractivity contribution in [2.24, 2.45) is 0 Å². The van der Waals surface area contributed by atoms with Gasteiger partial charge in [-0.05, 0) is 26.0 Å². The number of carbonyl (C=O) groups is 1. The Bertz CT molecular complexity index is 199. The molecule has 0 aromatic heterocycles. The maximum absolute atomic E-state index is 11.3. The third kappa shape index (κ3) is 4.43. The van der Waals surface area contributed by atoms with Crippen LogP contribution in [0, 0.1) is 0 Å². The highest BCUT2D eigenvalue weighted by Crippen LogP contribution is 2.26. The minimum atomic E-state index is 0.114. The Balaban J connectivity index is 2.26. The zero-order valence-electron chi connectivity index (χ0n) is 9.71. The summed E-state index contributed by atoms with van der Waals surface area (Å²) in [5.41, 5.74) is 0. The van der Waals surface area contributed by atoms with Crippen LogP contribution in [-0.4, -0.2) is 36.5 Å². The fraction of sp³-hybridized carbons (Fsp3) is 0.909. The van der Waals surface area contributed by atoms with Crippen molar-refractivity contribution in [1.82, 2.24) is 10.6 Å². The van der Waals surface area contributed by atoms with Crippen molar-refractivity contribution in [2.75, 3.05) is 19.3 Å². The van der Waals surface area contributed by atoms with Gasteiger partial charge in [0.25, 0.3) is 0 Å². The monoisotopic (exact) mass is 230 g/mol. The molecule has 88 valence electrons. The highest BCUT2D eigenvalue weighted by Gasteiger charge is 2.23. The molecule has 0 bridgehead atoms. The number of likely N-dealkylation sites (N-methyl/N-ethyl adjacent to an activating group) is 1. The van der Waals surface area contributed by atoms with Crippen LogP contribution in [0.25, 0.3) is 0 Å². The Kier molecular flexibility index (Phi) is 6.10. The van der Waals surface area contributed by atoms with E-state index >= 15 is 0 Å². The van der Waals surface area contributed by atoms with Crippen LogP contribution < -0.4 is 10.6 Å². The zero-order valence-corrected chi connectivity index (χ0v) is 10.5. The molecule has 0 spiro atoms. The lowest BCUT2D eigenvalue weighted by Gasteiger charge is -2.30. The van der Waals surface area contributed by atoms with Crippen molar-refractivity contribution >= 4 is 17.7 Å². The molecule has 1 saturated carbocycles. The lowest BCUT2D eigenvalue weighted by Crippen LogP contribution is -2.45. The van der Waals surface area contributed by atoms with Crippen LogP contribution in [-0.2, 0) is 4.79 Å². The van der Waals surface area contributed by atoms with Crippen LogP contribution in [0.5, 0.6) is 0 Å². The number of nitrogens with one attached hydrogen (secondary N) is 2. The number of hydrogen-bond acceptors (Lipinski definition) is 3. The van der Waals surface area contributed by atoms with E-state index in [1.165, 1.54) is 25.7 Å². The summed E-state index contributed by atoms with van der Waals surface area (Å²) in [6, 6.07) is 0.524. The minimum absolute atomic E-state index is 0.114. The van der Waals surface area contributed by atoms with Gasteiger partial charge in [0.1, 0.15) is 0 Å². The van der Waals surface area contributed by atoms with Crippen LogP contribution in [0.15, 0.2) is 0 Å². The molecular formula is C11H22N2OS. The van der Waals surface area contributed by atoms with Gasteiger partial charge in [-0.3, -0.25) is 4.79 Å². The van der Waals surface area contributed by atoms with Gasteiger partial charge in [0.05, 0.1) is 6.54 Å². The Morgan fingerprint density at radius 3 is 2.80 bits per heavy atom. The van der Waals surface area contributed by atoms with Gasteiger partial charge in [-0.1, -0.05) is 12.8 Å². The van der Waals surface area contributed by atoms with Crippen LogP contribution >= 0.6 is 11.8 Å².